The summed E-state index contributed by atoms with van der Waals surface area (Å²) in [6, 6.07) is 42.8. The van der Waals surface area contributed by atoms with Crippen molar-refractivity contribution < 1.29 is 34.1 Å². The third-order valence-electron chi connectivity index (χ3n) is 9.36. The number of esters is 2. The van der Waals surface area contributed by atoms with Crippen LogP contribution in [0, 0.1) is 23.7 Å². The maximum atomic E-state index is 14.2. The summed E-state index contributed by atoms with van der Waals surface area (Å²) >= 11 is 0. The number of ether oxygens (including phenoxy) is 1. The van der Waals surface area contributed by atoms with Crippen LogP contribution >= 0.6 is 0 Å². The first-order valence-corrected chi connectivity index (χ1v) is 17.1. The molecule has 260 valence electrons. The fourth-order valence-corrected chi connectivity index (χ4v) is 6.88. The number of hydrogen-bond donors (Lipinski definition) is 2. The van der Waals surface area contributed by atoms with Crippen molar-refractivity contribution in [3.05, 3.63) is 190 Å². The van der Waals surface area contributed by atoms with E-state index in [4.69, 9.17) is 4.74 Å². The van der Waals surface area contributed by atoms with E-state index in [0.717, 1.165) is 21.5 Å². The van der Waals surface area contributed by atoms with Gasteiger partial charge in [-0.3, -0.25) is 0 Å². The molecule has 7 nitrogen and oxygen atoms in total. The second kappa shape index (κ2) is 14.2. The lowest BCUT2D eigenvalue weighted by molar-refractivity contribution is 0.0389. The van der Waals surface area contributed by atoms with E-state index in [1.165, 1.54) is 0 Å². The second-order valence-corrected chi connectivity index (χ2v) is 12.6. The van der Waals surface area contributed by atoms with Gasteiger partial charge in [-0.25, -0.2) is 19.2 Å². The van der Waals surface area contributed by atoms with Gasteiger partial charge in [-0.05, 0) is 67.4 Å². The van der Waals surface area contributed by atoms with Crippen molar-refractivity contribution >= 4 is 67.0 Å². The van der Waals surface area contributed by atoms with Gasteiger partial charge in [0.05, 0.1) is 22.3 Å². The molecule has 0 saturated heterocycles. The van der Waals surface area contributed by atoms with E-state index in [0.29, 0.717) is 21.9 Å². The predicted molar refractivity (Wildman–Crippen MR) is 211 cm³/mol. The molecule has 0 aromatic heterocycles. The molecular weight excluding hydrogens is 689 g/mol. The van der Waals surface area contributed by atoms with Crippen LogP contribution in [0.2, 0.25) is 0 Å². The molecule has 7 heteroatoms. The highest BCUT2D eigenvalue weighted by Gasteiger charge is 2.30. The van der Waals surface area contributed by atoms with E-state index in [-0.39, 0.29) is 21.9 Å². The minimum Gasteiger partial charge on any atom is -0.478 e. The monoisotopic (exact) mass is 714 g/mol. The van der Waals surface area contributed by atoms with Crippen LogP contribution in [0.25, 0.3) is 43.1 Å². The minimum atomic E-state index is -1.46. The van der Waals surface area contributed by atoms with Gasteiger partial charge in [-0.1, -0.05) is 145 Å². The molecule has 8 aromatic carbocycles. The Morgan fingerprint density at radius 3 is 1.09 bits per heavy atom. The molecule has 0 aliphatic heterocycles. The number of aromatic carboxylic acids is 2. The average molecular weight is 715 g/mol. The predicted octanol–water partition coefficient (Wildman–Crippen LogP) is 9.49. The van der Waals surface area contributed by atoms with Crippen LogP contribution in [0.3, 0.4) is 0 Å². The maximum absolute atomic E-state index is 14.2. The van der Waals surface area contributed by atoms with Gasteiger partial charge in [0.2, 0.25) is 0 Å². The zero-order valence-electron chi connectivity index (χ0n) is 28.8. The number of hydrogen-bond acceptors (Lipinski definition) is 5. The highest BCUT2D eigenvalue weighted by molar-refractivity contribution is 6.20. The quantitative estimate of drug-likeness (QED) is 0.106. The van der Waals surface area contributed by atoms with Crippen molar-refractivity contribution in [3.63, 3.8) is 0 Å². The number of rotatable bonds is 4. The van der Waals surface area contributed by atoms with Crippen LogP contribution in [-0.4, -0.2) is 34.1 Å². The number of fused-ring (bicyclic) bond motifs is 4. The molecule has 8 aromatic rings. The molecule has 0 aliphatic rings. The Kier molecular flexibility index (Phi) is 8.80. The van der Waals surface area contributed by atoms with Gasteiger partial charge in [0.1, 0.15) is 0 Å². The van der Waals surface area contributed by atoms with Crippen LogP contribution in [0.5, 0.6) is 0 Å². The Bertz CT molecular complexity index is 2860. The molecular formula is C48H26O7. The van der Waals surface area contributed by atoms with Crippen molar-refractivity contribution in [2.75, 3.05) is 0 Å². The highest BCUT2D eigenvalue weighted by atomic mass is 16.6. The lowest BCUT2D eigenvalue weighted by Gasteiger charge is -2.14. The zero-order valence-corrected chi connectivity index (χ0v) is 28.8. The van der Waals surface area contributed by atoms with Gasteiger partial charge in [-0.2, -0.15) is 0 Å². The summed E-state index contributed by atoms with van der Waals surface area (Å²) in [5, 5.41) is 26.1. The normalized spacial score (nSPS) is 10.7. The summed E-state index contributed by atoms with van der Waals surface area (Å²) < 4.78 is 5.47. The molecule has 8 rings (SSSR count). The van der Waals surface area contributed by atoms with Crippen molar-refractivity contribution in [2.45, 2.75) is 0 Å². The van der Waals surface area contributed by atoms with Crippen LogP contribution < -0.4 is 0 Å². The van der Waals surface area contributed by atoms with E-state index < -0.39 is 46.1 Å². The Morgan fingerprint density at radius 2 is 0.691 bits per heavy atom. The lowest BCUT2D eigenvalue weighted by Crippen LogP contribution is -2.20. The number of benzene rings is 8. The zero-order chi connectivity index (χ0) is 38.1. The molecule has 0 heterocycles. The van der Waals surface area contributed by atoms with Crippen molar-refractivity contribution in [3.8, 4) is 23.7 Å². The molecule has 0 unspecified atom stereocenters. The molecule has 0 bridgehead atoms. The number of carbonyl (C=O) groups excluding carboxylic acids is 2. The van der Waals surface area contributed by atoms with E-state index in [1.54, 1.807) is 60.7 Å². The topological polar surface area (TPSA) is 118 Å². The Balaban J connectivity index is 1.26. The second-order valence-electron chi connectivity index (χ2n) is 12.6. The van der Waals surface area contributed by atoms with Crippen molar-refractivity contribution in [1.29, 1.82) is 0 Å². The molecule has 0 fully saturated rings. The lowest BCUT2D eigenvalue weighted by atomic mass is 9.93. The largest absolute Gasteiger partial charge is 0.478 e. The molecule has 2 N–H and O–H groups in total. The fourth-order valence-electron chi connectivity index (χ4n) is 6.88. The maximum Gasteiger partial charge on any atom is 0.347 e. The fraction of sp³-hybridized carbons (Fsp3) is 0. The number of carboxylic acid groups (broad SMARTS) is 2. The first kappa shape index (κ1) is 34.1. The number of carboxylic acids is 2. The summed E-state index contributed by atoms with van der Waals surface area (Å²) in [7, 11) is 0. The molecule has 0 aliphatic carbocycles. The van der Waals surface area contributed by atoms with E-state index >= 15 is 0 Å². The van der Waals surface area contributed by atoms with Gasteiger partial charge in [-0.15, -0.1) is 0 Å². The van der Waals surface area contributed by atoms with Crippen LogP contribution in [0.15, 0.2) is 146 Å². The van der Waals surface area contributed by atoms with E-state index in [9.17, 15) is 29.4 Å². The smallest absolute Gasteiger partial charge is 0.347 e. The standard InChI is InChI=1S/C48H26O7/c49-45(50)41-35(25-23-31-17-9-15-29-11-1-5-19-37(29)31)27-33-13-3-7-21-39(33)43(41)47(53)55-48(54)44-40-22-8-4-14-34(40)28-36(42(44)46(51)52)26-24-32-18-10-16-30-12-2-6-20-38(30)32/h1-22,27-28H,(H,49,50)(H,51,52). The van der Waals surface area contributed by atoms with Crippen LogP contribution in [0.1, 0.15) is 63.7 Å². The third-order valence-corrected chi connectivity index (χ3v) is 9.36. The minimum absolute atomic E-state index is 0.0286. The molecule has 0 amide bonds. The third kappa shape index (κ3) is 6.40. The average Bonchev–Trinajstić information content (AvgIpc) is 3.20. The van der Waals surface area contributed by atoms with Crippen molar-refractivity contribution in [2.24, 2.45) is 0 Å². The first-order valence-electron chi connectivity index (χ1n) is 17.1. The van der Waals surface area contributed by atoms with Gasteiger partial charge in [0.25, 0.3) is 0 Å². The van der Waals surface area contributed by atoms with Gasteiger partial charge in [0.15, 0.2) is 0 Å². The van der Waals surface area contributed by atoms with Gasteiger partial charge < -0.3 is 14.9 Å². The Morgan fingerprint density at radius 1 is 0.364 bits per heavy atom. The summed E-state index contributed by atoms with van der Waals surface area (Å²) in [6.07, 6.45) is 0. The van der Waals surface area contributed by atoms with E-state index in [2.05, 4.69) is 23.7 Å². The van der Waals surface area contributed by atoms with Gasteiger partial charge >= 0.3 is 23.9 Å². The molecule has 0 radical (unpaired) electrons. The summed E-state index contributed by atoms with van der Waals surface area (Å²) in [5.41, 5.74) is -0.341. The van der Waals surface area contributed by atoms with Crippen LogP contribution in [-0.2, 0) is 4.74 Å². The van der Waals surface area contributed by atoms with Gasteiger partial charge in [0, 0.05) is 22.3 Å². The number of carbonyl (C=O) groups is 4. The summed E-state index contributed by atoms with van der Waals surface area (Å²) in [6.45, 7) is 0. The Hall–Kier alpha value is -8.00. The molecule has 0 saturated carbocycles. The highest BCUT2D eigenvalue weighted by Crippen LogP contribution is 2.31. The Labute approximate surface area is 314 Å². The molecule has 55 heavy (non-hydrogen) atoms. The molecule has 0 spiro atoms. The summed E-state index contributed by atoms with van der Waals surface area (Å²) in [5.74, 6) is 6.56. The first-order chi connectivity index (χ1) is 26.8. The molecule has 0 atom stereocenters. The summed E-state index contributed by atoms with van der Waals surface area (Å²) in [4.78, 5) is 54.3. The van der Waals surface area contributed by atoms with Crippen molar-refractivity contribution in [1.82, 2.24) is 0 Å². The van der Waals surface area contributed by atoms with E-state index in [1.807, 2.05) is 84.9 Å². The van der Waals surface area contributed by atoms with Crippen LogP contribution in [0.4, 0.5) is 0 Å². The SMILES string of the molecule is O=C(O)c1c(C#Cc2cccc3ccccc23)cc2ccccc2c1C(=O)OC(=O)c1c(C(=O)O)c(C#Cc2cccc3ccccc23)cc2ccccc12.